The minimum atomic E-state index is -3.55. The molecule has 1 amide bonds. The Hall–Kier alpha value is -2.73. The van der Waals surface area contributed by atoms with Gasteiger partial charge in [-0.25, -0.2) is 8.42 Å². The summed E-state index contributed by atoms with van der Waals surface area (Å²) in [5, 5.41) is 12.3. The lowest BCUT2D eigenvalue weighted by Crippen LogP contribution is -2.43. The van der Waals surface area contributed by atoms with Crippen LogP contribution in [0.1, 0.15) is 31.2 Å². The Morgan fingerprint density at radius 2 is 1.69 bits per heavy atom. The molecule has 2 aliphatic rings. The molecule has 2 aliphatic heterocycles. The highest BCUT2D eigenvalue weighted by Crippen LogP contribution is 2.25. The van der Waals surface area contributed by atoms with Crippen LogP contribution in [-0.2, 0) is 14.8 Å². The largest absolute Gasteiger partial charge is 0.341 e. The van der Waals surface area contributed by atoms with Gasteiger partial charge in [-0.1, -0.05) is 24.3 Å². The van der Waals surface area contributed by atoms with Crippen LogP contribution in [0.3, 0.4) is 0 Å². The number of piperidine rings is 1. The number of nitriles is 1. The van der Waals surface area contributed by atoms with Gasteiger partial charge in [-0.15, -0.1) is 0 Å². The fourth-order valence-electron chi connectivity index (χ4n) is 4.32. The van der Waals surface area contributed by atoms with Crippen LogP contribution in [-0.4, -0.2) is 62.3 Å². The summed E-state index contributed by atoms with van der Waals surface area (Å²) >= 11 is 0. The van der Waals surface area contributed by atoms with E-state index in [4.69, 9.17) is 5.26 Å². The number of carbonyl (C=O) groups excluding carboxylic acids is 1. The molecule has 1 N–H and O–H groups in total. The first kappa shape index (κ1) is 22.5. The Kier molecular flexibility index (Phi) is 6.89. The molecule has 0 saturated carbocycles. The van der Waals surface area contributed by atoms with E-state index >= 15 is 0 Å². The molecule has 7 nitrogen and oxygen atoms in total. The molecule has 4 rings (SSSR count). The second kappa shape index (κ2) is 9.82. The van der Waals surface area contributed by atoms with E-state index in [0.29, 0.717) is 38.2 Å². The maximum atomic E-state index is 13.1. The Morgan fingerprint density at radius 3 is 2.34 bits per heavy atom. The Morgan fingerprint density at radius 1 is 1.00 bits per heavy atom. The smallest absolute Gasteiger partial charge is 0.243 e. The molecule has 8 heteroatoms. The summed E-state index contributed by atoms with van der Waals surface area (Å²) in [4.78, 5) is 14.1. The summed E-state index contributed by atoms with van der Waals surface area (Å²) < 4.78 is 27.7. The fourth-order valence-corrected chi connectivity index (χ4v) is 5.82. The number of carbonyl (C=O) groups is 1. The maximum absolute atomic E-state index is 13.1. The fraction of sp³-hybridized carbons (Fsp3) is 0.417. The van der Waals surface area contributed by atoms with E-state index < -0.39 is 10.0 Å². The minimum absolute atomic E-state index is 0.0996. The monoisotopic (exact) mass is 452 g/mol. The maximum Gasteiger partial charge on any atom is 0.243 e. The summed E-state index contributed by atoms with van der Waals surface area (Å²) in [5.41, 5.74) is 2.43. The van der Waals surface area contributed by atoms with Crippen molar-refractivity contribution in [3.63, 3.8) is 0 Å². The number of nitrogens with zero attached hydrogens (tertiary/aromatic N) is 3. The van der Waals surface area contributed by atoms with Crippen LogP contribution in [0, 0.1) is 11.3 Å². The second-order valence-corrected chi connectivity index (χ2v) is 10.3. The zero-order chi connectivity index (χ0) is 22.6. The van der Waals surface area contributed by atoms with Gasteiger partial charge in [0.1, 0.15) is 0 Å². The number of rotatable bonds is 7. The van der Waals surface area contributed by atoms with Crippen LogP contribution in [0.2, 0.25) is 0 Å². The third-order valence-electron chi connectivity index (χ3n) is 6.23. The van der Waals surface area contributed by atoms with Gasteiger partial charge in [-0.05, 0) is 54.7 Å². The van der Waals surface area contributed by atoms with E-state index in [1.165, 1.54) is 4.31 Å². The van der Waals surface area contributed by atoms with E-state index in [2.05, 4.69) is 11.4 Å². The molecule has 0 aliphatic carbocycles. The zero-order valence-corrected chi connectivity index (χ0v) is 18.9. The van der Waals surface area contributed by atoms with Gasteiger partial charge in [-0.2, -0.15) is 9.57 Å². The van der Waals surface area contributed by atoms with Gasteiger partial charge < -0.3 is 10.2 Å². The highest BCUT2D eigenvalue weighted by atomic mass is 32.2. The van der Waals surface area contributed by atoms with Gasteiger partial charge in [0.05, 0.1) is 16.5 Å². The molecular formula is C24H28N4O3S. The zero-order valence-electron chi connectivity index (χ0n) is 18.0. The first-order chi connectivity index (χ1) is 15.5. The van der Waals surface area contributed by atoms with Gasteiger partial charge in [0, 0.05) is 45.2 Å². The molecular weight excluding hydrogens is 424 g/mol. The van der Waals surface area contributed by atoms with Gasteiger partial charge in [0.25, 0.3) is 0 Å². The van der Waals surface area contributed by atoms with E-state index in [1.807, 2.05) is 17.0 Å². The van der Waals surface area contributed by atoms with Crippen LogP contribution in [0.4, 0.5) is 0 Å². The number of hydrogen-bond donors (Lipinski definition) is 1. The molecule has 2 aromatic rings. The lowest BCUT2D eigenvalue weighted by Gasteiger charge is -2.27. The summed E-state index contributed by atoms with van der Waals surface area (Å²) in [6.07, 6.45) is 3.44. The van der Waals surface area contributed by atoms with Gasteiger partial charge in [-0.3, -0.25) is 4.79 Å². The van der Waals surface area contributed by atoms with Gasteiger partial charge >= 0.3 is 0 Å². The van der Waals surface area contributed by atoms with Crippen LogP contribution in [0.25, 0.3) is 11.1 Å². The number of likely N-dealkylation sites (tertiary alicyclic amines) is 1. The standard InChI is InChI=1S/C24H28N4O3S/c25-17-19-4-6-20(7-5-19)21-8-10-23(11-9-21)32(30,31)28-15-12-22(18-28)26-13-16-27-14-2-1-3-24(27)29/h4-11,22,26H,1-3,12-16,18H2. The molecule has 1 unspecified atom stereocenters. The number of hydrogen-bond acceptors (Lipinski definition) is 5. The quantitative estimate of drug-likeness (QED) is 0.697. The number of sulfonamides is 1. The Balaban J connectivity index is 1.33. The van der Waals surface area contributed by atoms with Crippen LogP contribution in [0.5, 0.6) is 0 Å². The molecule has 2 aromatic carbocycles. The predicted octanol–water partition coefficient (Wildman–Crippen LogP) is 2.59. The third-order valence-corrected chi connectivity index (χ3v) is 8.11. The normalized spacial score (nSPS) is 19.8. The molecule has 1 atom stereocenters. The van der Waals surface area contributed by atoms with Crippen molar-refractivity contribution < 1.29 is 13.2 Å². The van der Waals surface area contributed by atoms with Crippen molar-refractivity contribution >= 4 is 15.9 Å². The summed E-state index contributed by atoms with van der Waals surface area (Å²) in [6.45, 7) is 3.11. The molecule has 0 aromatic heterocycles. The van der Waals surface area contributed by atoms with Crippen molar-refractivity contribution in [2.24, 2.45) is 0 Å². The lowest BCUT2D eigenvalue weighted by atomic mass is 10.0. The van der Waals surface area contributed by atoms with Crippen LogP contribution < -0.4 is 5.32 Å². The number of nitrogens with one attached hydrogen (secondary N) is 1. The molecule has 0 bridgehead atoms. The van der Waals surface area contributed by atoms with E-state index in [9.17, 15) is 13.2 Å². The molecule has 0 spiro atoms. The predicted molar refractivity (Wildman–Crippen MR) is 122 cm³/mol. The highest BCUT2D eigenvalue weighted by Gasteiger charge is 2.32. The SMILES string of the molecule is N#Cc1ccc(-c2ccc(S(=O)(=O)N3CCC(NCCN4CCCCC4=O)C3)cc2)cc1. The topological polar surface area (TPSA) is 93.5 Å². The molecule has 168 valence electrons. The average molecular weight is 453 g/mol. The highest BCUT2D eigenvalue weighted by molar-refractivity contribution is 7.89. The molecule has 32 heavy (non-hydrogen) atoms. The van der Waals surface area contributed by atoms with Crippen LogP contribution >= 0.6 is 0 Å². The first-order valence-corrected chi connectivity index (χ1v) is 12.5. The third kappa shape index (κ3) is 5.01. The number of benzene rings is 2. The van der Waals surface area contributed by atoms with Gasteiger partial charge in [0.15, 0.2) is 0 Å². The van der Waals surface area contributed by atoms with Crippen molar-refractivity contribution in [2.45, 2.75) is 36.6 Å². The Bertz CT molecular complexity index is 1090. The van der Waals surface area contributed by atoms with Crippen molar-refractivity contribution in [1.82, 2.24) is 14.5 Å². The Labute approximate surface area is 189 Å². The second-order valence-electron chi connectivity index (χ2n) is 8.35. The van der Waals surface area contributed by atoms with E-state index in [0.717, 1.165) is 36.9 Å². The van der Waals surface area contributed by atoms with Crippen molar-refractivity contribution in [1.29, 1.82) is 5.26 Å². The lowest BCUT2D eigenvalue weighted by molar-refractivity contribution is -0.133. The van der Waals surface area contributed by atoms with Crippen LogP contribution in [0.15, 0.2) is 53.4 Å². The summed E-state index contributed by atoms with van der Waals surface area (Å²) in [7, 11) is -3.55. The molecule has 2 fully saturated rings. The van der Waals surface area contributed by atoms with E-state index in [1.54, 1.807) is 36.4 Å². The molecule has 2 heterocycles. The van der Waals surface area contributed by atoms with Crippen molar-refractivity contribution in [3.8, 4) is 17.2 Å². The minimum Gasteiger partial charge on any atom is -0.341 e. The summed E-state index contributed by atoms with van der Waals surface area (Å²) in [5.74, 6) is 0.220. The van der Waals surface area contributed by atoms with Crippen molar-refractivity contribution in [2.75, 3.05) is 32.7 Å². The van der Waals surface area contributed by atoms with Gasteiger partial charge in [0.2, 0.25) is 15.9 Å². The number of amides is 1. The summed E-state index contributed by atoms with van der Waals surface area (Å²) in [6, 6.07) is 16.3. The first-order valence-electron chi connectivity index (χ1n) is 11.1. The van der Waals surface area contributed by atoms with E-state index in [-0.39, 0.29) is 16.8 Å². The molecule has 0 radical (unpaired) electrons. The van der Waals surface area contributed by atoms with Crippen molar-refractivity contribution in [3.05, 3.63) is 54.1 Å². The molecule has 2 saturated heterocycles. The average Bonchev–Trinajstić information content (AvgIpc) is 3.30.